The van der Waals surface area contributed by atoms with Crippen LogP contribution in [0.1, 0.15) is 23.6 Å². The van der Waals surface area contributed by atoms with E-state index < -0.39 is 24.0 Å². The number of nitrogens with one attached hydrogen (secondary N) is 3. The Bertz CT molecular complexity index is 1070. The van der Waals surface area contributed by atoms with Crippen LogP contribution in [0, 0.1) is 13.8 Å². The predicted octanol–water partition coefficient (Wildman–Crippen LogP) is 1.72. The standard InChI is InChI=1S/C23H27N5O4/c1-14-6-4-8-17(12-14)26-23(32)27-21-22(31)28(13-19(30)24-10-11-29)20-15(2)7-5-9-18(20)16(3)25-21/h4-9,12,21,29H,10-11,13H2,1-3H3,(H,24,30)(H2,26,27,32)/t21-/m0/s1. The van der Waals surface area contributed by atoms with Crippen LogP contribution < -0.4 is 20.9 Å². The molecule has 9 heteroatoms. The minimum Gasteiger partial charge on any atom is -0.395 e. The van der Waals surface area contributed by atoms with Crippen molar-refractivity contribution in [3.8, 4) is 0 Å². The Hall–Kier alpha value is -3.72. The van der Waals surface area contributed by atoms with E-state index in [0.29, 0.717) is 22.6 Å². The summed E-state index contributed by atoms with van der Waals surface area (Å²) in [5.74, 6) is -0.958. The van der Waals surface area contributed by atoms with Gasteiger partial charge < -0.3 is 21.1 Å². The van der Waals surface area contributed by atoms with Gasteiger partial charge in [-0.3, -0.25) is 19.5 Å². The number of carbonyl (C=O) groups is 3. The van der Waals surface area contributed by atoms with Gasteiger partial charge in [-0.25, -0.2) is 4.79 Å². The number of aliphatic hydroxyl groups excluding tert-OH is 1. The molecular weight excluding hydrogens is 410 g/mol. The number of para-hydroxylation sites is 1. The zero-order valence-electron chi connectivity index (χ0n) is 18.3. The summed E-state index contributed by atoms with van der Waals surface area (Å²) in [4.78, 5) is 44.1. The summed E-state index contributed by atoms with van der Waals surface area (Å²) in [6, 6.07) is 12.2. The fraction of sp³-hybridized carbons (Fsp3) is 0.304. The van der Waals surface area contributed by atoms with Gasteiger partial charge >= 0.3 is 6.03 Å². The van der Waals surface area contributed by atoms with Crippen LogP contribution in [0.3, 0.4) is 0 Å². The molecule has 1 atom stereocenters. The lowest BCUT2D eigenvalue weighted by Gasteiger charge is -2.26. The fourth-order valence-electron chi connectivity index (χ4n) is 3.55. The molecule has 0 aliphatic carbocycles. The van der Waals surface area contributed by atoms with Crippen LogP contribution in [0.2, 0.25) is 0 Å². The van der Waals surface area contributed by atoms with Crippen LogP contribution in [-0.4, -0.2) is 54.5 Å². The van der Waals surface area contributed by atoms with Gasteiger partial charge in [-0.05, 0) is 44.0 Å². The van der Waals surface area contributed by atoms with E-state index in [-0.39, 0.29) is 19.7 Å². The molecule has 32 heavy (non-hydrogen) atoms. The summed E-state index contributed by atoms with van der Waals surface area (Å²) in [5.41, 5.74) is 4.20. The lowest BCUT2D eigenvalue weighted by atomic mass is 10.0. The van der Waals surface area contributed by atoms with Gasteiger partial charge in [0.05, 0.1) is 12.3 Å². The van der Waals surface area contributed by atoms with Crippen molar-refractivity contribution in [1.29, 1.82) is 0 Å². The van der Waals surface area contributed by atoms with Crippen LogP contribution >= 0.6 is 0 Å². The smallest absolute Gasteiger partial charge is 0.321 e. The maximum atomic E-state index is 13.4. The number of benzene rings is 2. The number of hydrogen-bond donors (Lipinski definition) is 4. The second kappa shape index (κ2) is 10.1. The summed E-state index contributed by atoms with van der Waals surface area (Å²) < 4.78 is 0. The molecule has 0 saturated heterocycles. The highest BCUT2D eigenvalue weighted by molar-refractivity contribution is 6.14. The molecule has 0 unspecified atom stereocenters. The Kier molecular flexibility index (Phi) is 7.21. The number of aliphatic hydroxyl groups is 1. The number of aryl methyl sites for hydroxylation is 2. The third-order valence-corrected chi connectivity index (χ3v) is 5.00. The number of aliphatic imine (C=N–C) groups is 1. The average Bonchev–Trinajstić information content (AvgIpc) is 2.83. The molecule has 3 rings (SSSR count). The largest absolute Gasteiger partial charge is 0.395 e. The van der Waals surface area contributed by atoms with Gasteiger partial charge in [0.2, 0.25) is 12.1 Å². The van der Waals surface area contributed by atoms with Gasteiger partial charge in [-0.2, -0.15) is 0 Å². The Morgan fingerprint density at radius 2 is 1.88 bits per heavy atom. The lowest BCUT2D eigenvalue weighted by molar-refractivity contribution is -0.124. The third-order valence-electron chi connectivity index (χ3n) is 5.00. The number of hydrogen-bond acceptors (Lipinski definition) is 5. The fourth-order valence-corrected chi connectivity index (χ4v) is 3.55. The van der Waals surface area contributed by atoms with Gasteiger partial charge in [0.15, 0.2) is 0 Å². The average molecular weight is 438 g/mol. The molecule has 2 aromatic rings. The SMILES string of the molecule is CC1=N[C@@H](NC(=O)Nc2cccc(C)c2)C(=O)N(CC(=O)NCCO)c2c(C)cccc21. The highest BCUT2D eigenvalue weighted by Crippen LogP contribution is 2.29. The molecule has 0 spiro atoms. The van der Waals surface area contributed by atoms with Crippen molar-refractivity contribution >= 4 is 34.9 Å². The van der Waals surface area contributed by atoms with Crippen LogP contribution in [-0.2, 0) is 9.59 Å². The summed E-state index contributed by atoms with van der Waals surface area (Å²) in [5, 5.41) is 16.8. The quantitative estimate of drug-likeness (QED) is 0.549. The topological polar surface area (TPSA) is 123 Å². The molecule has 0 bridgehead atoms. The second-order valence-electron chi connectivity index (χ2n) is 7.55. The zero-order valence-corrected chi connectivity index (χ0v) is 18.3. The number of amides is 4. The molecule has 4 amide bonds. The molecule has 1 aliphatic rings. The molecule has 168 valence electrons. The minimum absolute atomic E-state index is 0.0809. The molecule has 0 fully saturated rings. The number of fused-ring (bicyclic) bond motifs is 1. The molecule has 0 radical (unpaired) electrons. The molecule has 4 N–H and O–H groups in total. The number of urea groups is 1. The van der Waals surface area contributed by atoms with E-state index >= 15 is 0 Å². The summed E-state index contributed by atoms with van der Waals surface area (Å²) >= 11 is 0. The Morgan fingerprint density at radius 3 is 2.59 bits per heavy atom. The lowest BCUT2D eigenvalue weighted by Crippen LogP contribution is -2.51. The maximum absolute atomic E-state index is 13.4. The summed E-state index contributed by atoms with van der Waals surface area (Å²) in [7, 11) is 0. The van der Waals surface area contributed by atoms with Gasteiger partial charge in [-0.15, -0.1) is 0 Å². The minimum atomic E-state index is -1.21. The van der Waals surface area contributed by atoms with Crippen molar-refractivity contribution < 1.29 is 19.5 Å². The van der Waals surface area contributed by atoms with Crippen molar-refractivity contribution in [3.05, 3.63) is 59.2 Å². The first-order valence-corrected chi connectivity index (χ1v) is 10.3. The highest BCUT2D eigenvalue weighted by atomic mass is 16.3. The van der Waals surface area contributed by atoms with Crippen LogP contribution in [0.25, 0.3) is 0 Å². The van der Waals surface area contributed by atoms with E-state index in [9.17, 15) is 14.4 Å². The van der Waals surface area contributed by atoms with Crippen molar-refractivity contribution in [1.82, 2.24) is 10.6 Å². The van der Waals surface area contributed by atoms with Crippen molar-refractivity contribution in [2.75, 3.05) is 29.9 Å². The number of anilines is 2. The zero-order chi connectivity index (χ0) is 23.3. The molecular formula is C23H27N5O4. The number of nitrogens with zero attached hydrogens (tertiary/aromatic N) is 2. The monoisotopic (exact) mass is 437 g/mol. The number of carbonyl (C=O) groups excluding carboxylic acids is 3. The molecule has 1 aliphatic heterocycles. The normalized spacial score (nSPS) is 15.4. The van der Waals surface area contributed by atoms with Gasteiger partial charge in [0, 0.05) is 23.5 Å². The van der Waals surface area contributed by atoms with E-state index in [1.807, 2.05) is 44.2 Å². The number of rotatable bonds is 6. The molecule has 1 heterocycles. The van der Waals surface area contributed by atoms with E-state index in [1.54, 1.807) is 19.1 Å². The first-order valence-electron chi connectivity index (χ1n) is 10.3. The van der Waals surface area contributed by atoms with Gasteiger partial charge in [0.1, 0.15) is 6.54 Å². The molecule has 0 aromatic heterocycles. The van der Waals surface area contributed by atoms with Gasteiger partial charge in [-0.1, -0.05) is 30.3 Å². The van der Waals surface area contributed by atoms with Crippen molar-refractivity contribution in [3.63, 3.8) is 0 Å². The van der Waals surface area contributed by atoms with Crippen LogP contribution in [0.15, 0.2) is 47.5 Å². The Balaban J connectivity index is 1.88. The van der Waals surface area contributed by atoms with E-state index in [0.717, 1.165) is 11.1 Å². The number of benzodiazepines with no additional fused rings is 1. The maximum Gasteiger partial charge on any atom is 0.321 e. The highest BCUT2D eigenvalue weighted by Gasteiger charge is 2.33. The molecule has 2 aromatic carbocycles. The molecule has 9 nitrogen and oxygen atoms in total. The van der Waals surface area contributed by atoms with E-state index in [2.05, 4.69) is 20.9 Å². The van der Waals surface area contributed by atoms with Crippen LogP contribution in [0.4, 0.5) is 16.2 Å². The second-order valence-corrected chi connectivity index (χ2v) is 7.55. The summed E-state index contributed by atoms with van der Waals surface area (Å²) in [6.07, 6.45) is -1.21. The van der Waals surface area contributed by atoms with Crippen molar-refractivity contribution in [2.24, 2.45) is 4.99 Å². The Labute approximate surface area is 186 Å². The summed E-state index contributed by atoms with van der Waals surface area (Å²) in [6.45, 7) is 5.12. The predicted molar refractivity (Wildman–Crippen MR) is 123 cm³/mol. The van der Waals surface area contributed by atoms with E-state index in [4.69, 9.17) is 5.11 Å². The Morgan fingerprint density at radius 1 is 1.12 bits per heavy atom. The first kappa shape index (κ1) is 23.0. The van der Waals surface area contributed by atoms with Gasteiger partial charge in [0.25, 0.3) is 5.91 Å². The first-order chi connectivity index (χ1) is 15.3. The third kappa shape index (κ3) is 5.30. The molecule has 0 saturated carbocycles. The van der Waals surface area contributed by atoms with E-state index in [1.165, 1.54) is 4.90 Å². The van der Waals surface area contributed by atoms with Crippen LogP contribution in [0.5, 0.6) is 0 Å². The van der Waals surface area contributed by atoms with Crippen molar-refractivity contribution in [2.45, 2.75) is 26.9 Å².